The van der Waals surface area contributed by atoms with Gasteiger partial charge in [0, 0.05) is 13.2 Å². The Morgan fingerprint density at radius 3 is 2.89 bits per heavy atom. The van der Waals surface area contributed by atoms with E-state index in [1.165, 1.54) is 0 Å². The molecule has 4 heteroatoms. The van der Waals surface area contributed by atoms with Gasteiger partial charge in [0.05, 0.1) is 18.8 Å². The van der Waals surface area contributed by atoms with Gasteiger partial charge in [-0.05, 0) is 38.6 Å². The third-order valence-corrected chi connectivity index (χ3v) is 3.55. The van der Waals surface area contributed by atoms with Crippen LogP contribution in [0.1, 0.15) is 46.0 Å². The molecule has 0 radical (unpaired) electrons. The minimum absolute atomic E-state index is 0.297. The number of nitrogens with zero attached hydrogens (tertiary/aromatic N) is 1. The summed E-state index contributed by atoms with van der Waals surface area (Å²) in [7, 11) is 0. The van der Waals surface area contributed by atoms with Crippen molar-refractivity contribution in [2.75, 3.05) is 26.4 Å². The van der Waals surface area contributed by atoms with Crippen LogP contribution < -0.4 is 5.32 Å². The van der Waals surface area contributed by atoms with Crippen molar-refractivity contribution in [3.8, 4) is 6.07 Å². The molecule has 18 heavy (non-hydrogen) atoms. The van der Waals surface area contributed by atoms with Crippen molar-refractivity contribution in [2.45, 2.75) is 57.6 Å². The topological polar surface area (TPSA) is 54.3 Å². The van der Waals surface area contributed by atoms with Gasteiger partial charge in [-0.3, -0.25) is 5.32 Å². The van der Waals surface area contributed by atoms with Gasteiger partial charge >= 0.3 is 0 Å². The van der Waals surface area contributed by atoms with Gasteiger partial charge in [0.15, 0.2) is 0 Å². The fourth-order valence-electron chi connectivity index (χ4n) is 2.37. The normalized spacial score (nSPS) is 22.6. The molecule has 0 spiro atoms. The van der Waals surface area contributed by atoms with E-state index in [9.17, 15) is 5.26 Å². The van der Waals surface area contributed by atoms with E-state index in [4.69, 9.17) is 9.47 Å². The van der Waals surface area contributed by atoms with E-state index in [-0.39, 0.29) is 5.54 Å². The third kappa shape index (κ3) is 4.93. The minimum Gasteiger partial charge on any atom is -0.379 e. The fourth-order valence-corrected chi connectivity index (χ4v) is 2.37. The Morgan fingerprint density at radius 2 is 2.33 bits per heavy atom. The van der Waals surface area contributed by atoms with Crippen LogP contribution in [-0.4, -0.2) is 38.0 Å². The van der Waals surface area contributed by atoms with Crippen molar-refractivity contribution in [3.63, 3.8) is 0 Å². The Kier molecular flexibility index (Phi) is 7.26. The molecule has 1 aliphatic heterocycles. The molecule has 0 aromatic rings. The summed E-state index contributed by atoms with van der Waals surface area (Å²) in [4.78, 5) is 0. The highest BCUT2D eigenvalue weighted by Gasteiger charge is 2.25. The van der Waals surface area contributed by atoms with Crippen molar-refractivity contribution < 1.29 is 9.47 Å². The van der Waals surface area contributed by atoms with Crippen LogP contribution >= 0.6 is 0 Å². The van der Waals surface area contributed by atoms with Crippen LogP contribution in [0.5, 0.6) is 0 Å². The first kappa shape index (κ1) is 15.4. The lowest BCUT2D eigenvalue weighted by Crippen LogP contribution is -2.43. The quantitative estimate of drug-likeness (QED) is 0.641. The first-order valence-electron chi connectivity index (χ1n) is 7.12. The maximum atomic E-state index is 9.26. The summed E-state index contributed by atoms with van der Waals surface area (Å²) in [6.07, 6.45) is 5.17. The van der Waals surface area contributed by atoms with Gasteiger partial charge in [0.25, 0.3) is 0 Å². The molecule has 1 fully saturated rings. The highest BCUT2D eigenvalue weighted by molar-refractivity contribution is 5.05. The molecule has 1 saturated heterocycles. The predicted molar refractivity (Wildman–Crippen MR) is 71.3 cm³/mol. The van der Waals surface area contributed by atoms with Crippen molar-refractivity contribution in [2.24, 2.45) is 0 Å². The SMILES string of the molecule is CCNC(C#N)(CC)CCCOCC1CCCO1. The van der Waals surface area contributed by atoms with Crippen LogP contribution in [-0.2, 0) is 9.47 Å². The van der Waals surface area contributed by atoms with Gasteiger partial charge in [-0.15, -0.1) is 0 Å². The molecule has 0 saturated carbocycles. The number of hydrogen-bond acceptors (Lipinski definition) is 4. The summed E-state index contributed by atoms with van der Waals surface area (Å²) in [5.74, 6) is 0. The summed E-state index contributed by atoms with van der Waals surface area (Å²) in [5.41, 5.74) is -0.373. The molecule has 1 heterocycles. The second-order valence-corrected chi connectivity index (χ2v) is 4.89. The zero-order valence-electron chi connectivity index (χ0n) is 11.7. The highest BCUT2D eigenvalue weighted by Crippen LogP contribution is 2.17. The predicted octanol–water partition coefficient (Wildman–Crippen LogP) is 2.24. The van der Waals surface area contributed by atoms with Crippen LogP contribution in [0.25, 0.3) is 0 Å². The molecule has 0 aliphatic carbocycles. The number of rotatable bonds is 9. The smallest absolute Gasteiger partial charge is 0.106 e. The van der Waals surface area contributed by atoms with Crippen LogP contribution in [0, 0.1) is 11.3 Å². The average Bonchev–Trinajstić information content (AvgIpc) is 2.90. The maximum Gasteiger partial charge on any atom is 0.106 e. The Labute approximate surface area is 111 Å². The summed E-state index contributed by atoms with van der Waals surface area (Å²) < 4.78 is 11.1. The molecule has 0 bridgehead atoms. The standard InChI is InChI=1S/C14H26N2O2/c1-3-14(12-15,16-4-2)8-6-9-17-11-13-7-5-10-18-13/h13,16H,3-11H2,1-2H3. The van der Waals surface area contributed by atoms with Crippen molar-refractivity contribution >= 4 is 0 Å². The van der Waals surface area contributed by atoms with Gasteiger partial charge < -0.3 is 9.47 Å². The molecule has 4 nitrogen and oxygen atoms in total. The van der Waals surface area contributed by atoms with E-state index < -0.39 is 0 Å². The molecule has 1 N–H and O–H groups in total. The third-order valence-electron chi connectivity index (χ3n) is 3.55. The summed E-state index contributed by atoms with van der Waals surface area (Å²) >= 11 is 0. The molecule has 1 aliphatic rings. The first-order valence-corrected chi connectivity index (χ1v) is 7.12. The van der Waals surface area contributed by atoms with E-state index in [0.717, 1.165) is 45.3 Å². The molecule has 104 valence electrons. The molecular weight excluding hydrogens is 228 g/mol. The van der Waals surface area contributed by atoms with E-state index in [1.54, 1.807) is 0 Å². The second kappa shape index (κ2) is 8.47. The molecule has 1 rings (SSSR count). The molecule has 0 amide bonds. The lowest BCUT2D eigenvalue weighted by atomic mass is 9.92. The number of nitrogens with one attached hydrogen (secondary N) is 1. The maximum absolute atomic E-state index is 9.26. The van der Waals surface area contributed by atoms with Crippen molar-refractivity contribution in [1.82, 2.24) is 5.32 Å². The van der Waals surface area contributed by atoms with Crippen LogP contribution in [0.15, 0.2) is 0 Å². The molecule has 2 unspecified atom stereocenters. The number of nitriles is 1. The van der Waals surface area contributed by atoms with E-state index in [2.05, 4.69) is 18.3 Å². The zero-order valence-corrected chi connectivity index (χ0v) is 11.7. The minimum atomic E-state index is -0.373. The Bertz CT molecular complexity index is 259. The van der Waals surface area contributed by atoms with Gasteiger partial charge in [-0.25, -0.2) is 0 Å². The molecule has 0 aromatic heterocycles. The number of ether oxygens (including phenoxy) is 2. The summed E-state index contributed by atoms with van der Waals surface area (Å²) in [6, 6.07) is 2.41. The van der Waals surface area contributed by atoms with Crippen LogP contribution in [0.4, 0.5) is 0 Å². The van der Waals surface area contributed by atoms with Gasteiger partial charge in [-0.1, -0.05) is 13.8 Å². The van der Waals surface area contributed by atoms with Crippen molar-refractivity contribution in [3.05, 3.63) is 0 Å². The highest BCUT2D eigenvalue weighted by atomic mass is 16.5. The average molecular weight is 254 g/mol. The summed E-state index contributed by atoms with van der Waals surface area (Å²) in [6.45, 7) is 7.22. The molecule has 2 atom stereocenters. The van der Waals surface area contributed by atoms with Gasteiger partial charge in [0.2, 0.25) is 0 Å². The largest absolute Gasteiger partial charge is 0.379 e. The fraction of sp³-hybridized carbons (Fsp3) is 0.929. The zero-order chi connectivity index (χ0) is 13.3. The monoisotopic (exact) mass is 254 g/mol. The summed E-state index contributed by atoms with van der Waals surface area (Å²) in [5, 5.41) is 12.5. The van der Waals surface area contributed by atoms with Crippen LogP contribution in [0.3, 0.4) is 0 Å². The van der Waals surface area contributed by atoms with Gasteiger partial charge in [0.1, 0.15) is 5.54 Å². The lowest BCUT2D eigenvalue weighted by Gasteiger charge is -2.26. The number of hydrogen-bond donors (Lipinski definition) is 1. The van der Waals surface area contributed by atoms with E-state index >= 15 is 0 Å². The Morgan fingerprint density at radius 1 is 1.50 bits per heavy atom. The van der Waals surface area contributed by atoms with Gasteiger partial charge in [-0.2, -0.15) is 5.26 Å². The molecular formula is C14H26N2O2. The first-order chi connectivity index (χ1) is 8.76. The van der Waals surface area contributed by atoms with E-state index in [1.807, 2.05) is 6.92 Å². The Balaban J connectivity index is 2.12. The lowest BCUT2D eigenvalue weighted by molar-refractivity contribution is 0.0151. The second-order valence-electron chi connectivity index (χ2n) is 4.89. The van der Waals surface area contributed by atoms with E-state index in [0.29, 0.717) is 19.3 Å². The molecule has 0 aromatic carbocycles. The van der Waals surface area contributed by atoms with Crippen molar-refractivity contribution in [1.29, 1.82) is 5.26 Å². The van der Waals surface area contributed by atoms with Crippen LogP contribution in [0.2, 0.25) is 0 Å². The Hall–Kier alpha value is -0.630.